The lowest BCUT2D eigenvalue weighted by atomic mass is 9.97. The van der Waals surface area contributed by atoms with Crippen LogP contribution in [0.25, 0.3) is 0 Å². The zero-order valence-electron chi connectivity index (χ0n) is 9.28. The van der Waals surface area contributed by atoms with E-state index < -0.39 is 11.6 Å². The molecule has 0 saturated carbocycles. The van der Waals surface area contributed by atoms with Crippen molar-refractivity contribution >= 4 is 5.97 Å². The van der Waals surface area contributed by atoms with Gasteiger partial charge in [0.25, 0.3) is 0 Å². The molecular weight excluding hydrogens is 215 g/mol. The molecule has 1 aromatic rings. The molecule has 0 radical (unpaired) electrons. The summed E-state index contributed by atoms with van der Waals surface area (Å²) in [6.45, 7) is 1.08. The van der Waals surface area contributed by atoms with E-state index in [1.54, 1.807) is 0 Å². The highest BCUT2D eigenvalue weighted by molar-refractivity contribution is 5.81. The Bertz CT molecular complexity index is 401. The molecule has 1 aromatic carbocycles. The lowest BCUT2D eigenvalue weighted by Crippen LogP contribution is -2.29. The van der Waals surface area contributed by atoms with E-state index in [0.717, 1.165) is 14.0 Å². The second-order valence-corrected chi connectivity index (χ2v) is 3.38. The predicted molar refractivity (Wildman–Crippen MR) is 55.1 cm³/mol. The Balaban J connectivity index is 3.26. The van der Waals surface area contributed by atoms with Gasteiger partial charge in [0.05, 0.1) is 14.2 Å². The Hall–Kier alpha value is -1.78. The van der Waals surface area contributed by atoms with Gasteiger partial charge in [0, 0.05) is 11.6 Å². The molecule has 16 heavy (non-hydrogen) atoms. The molecule has 0 spiro atoms. The van der Waals surface area contributed by atoms with Crippen molar-refractivity contribution in [2.45, 2.75) is 12.6 Å². The summed E-state index contributed by atoms with van der Waals surface area (Å²) in [5, 5.41) is 9.21. The maximum absolute atomic E-state index is 14.2. The van der Waals surface area contributed by atoms with Gasteiger partial charge in [-0.05, 0) is 19.1 Å². The molecule has 0 amide bonds. The average molecular weight is 228 g/mol. The van der Waals surface area contributed by atoms with Gasteiger partial charge < -0.3 is 14.6 Å². The second kappa shape index (κ2) is 4.38. The summed E-state index contributed by atoms with van der Waals surface area (Å²) in [6, 6.07) is 3.79. The van der Waals surface area contributed by atoms with Gasteiger partial charge in [0.15, 0.2) is 0 Å². The summed E-state index contributed by atoms with van der Waals surface area (Å²) in [5.41, 5.74) is -2.30. The molecule has 5 heteroatoms. The number of methoxy groups -OCH3 is 2. The molecule has 1 rings (SSSR count). The van der Waals surface area contributed by atoms with Gasteiger partial charge in [-0.3, -0.25) is 0 Å². The number of phenols is 1. The summed E-state index contributed by atoms with van der Waals surface area (Å²) >= 11 is 0. The van der Waals surface area contributed by atoms with Crippen molar-refractivity contribution in [2.75, 3.05) is 14.2 Å². The standard InChI is InChI=1S/C11H13FO4/c1-11(12,10(14)16-3)8-5-4-7(13)6-9(8)15-2/h4-6,13H,1-3H3. The van der Waals surface area contributed by atoms with Crippen molar-refractivity contribution in [1.82, 2.24) is 0 Å². The monoisotopic (exact) mass is 228 g/mol. The summed E-state index contributed by atoms with van der Waals surface area (Å²) in [5.74, 6) is -0.992. The van der Waals surface area contributed by atoms with Gasteiger partial charge in [-0.15, -0.1) is 0 Å². The number of benzene rings is 1. The van der Waals surface area contributed by atoms with Crippen LogP contribution in [0.1, 0.15) is 12.5 Å². The molecule has 0 aromatic heterocycles. The number of hydrogen-bond acceptors (Lipinski definition) is 4. The van der Waals surface area contributed by atoms with E-state index in [2.05, 4.69) is 4.74 Å². The third-order valence-electron chi connectivity index (χ3n) is 2.26. The quantitative estimate of drug-likeness (QED) is 0.801. The fourth-order valence-corrected chi connectivity index (χ4v) is 1.37. The molecule has 0 fully saturated rings. The van der Waals surface area contributed by atoms with Crippen molar-refractivity contribution in [3.63, 3.8) is 0 Å². The van der Waals surface area contributed by atoms with Crippen LogP contribution in [0.15, 0.2) is 18.2 Å². The van der Waals surface area contributed by atoms with E-state index in [1.807, 2.05) is 0 Å². The van der Waals surface area contributed by atoms with Crippen molar-refractivity contribution in [1.29, 1.82) is 0 Å². The van der Waals surface area contributed by atoms with E-state index in [1.165, 1.54) is 25.3 Å². The number of aromatic hydroxyl groups is 1. The lowest BCUT2D eigenvalue weighted by molar-refractivity contribution is -0.154. The van der Waals surface area contributed by atoms with E-state index in [0.29, 0.717) is 0 Å². The average Bonchev–Trinajstić information content (AvgIpc) is 2.27. The van der Waals surface area contributed by atoms with Crippen LogP contribution in [-0.4, -0.2) is 25.3 Å². The zero-order chi connectivity index (χ0) is 12.3. The third kappa shape index (κ3) is 2.08. The number of halogens is 1. The van der Waals surface area contributed by atoms with Crippen LogP contribution >= 0.6 is 0 Å². The molecule has 0 aliphatic heterocycles. The van der Waals surface area contributed by atoms with E-state index in [-0.39, 0.29) is 17.1 Å². The number of ether oxygens (including phenoxy) is 2. The Morgan fingerprint density at radius 2 is 2.06 bits per heavy atom. The van der Waals surface area contributed by atoms with Crippen LogP contribution < -0.4 is 4.74 Å². The lowest BCUT2D eigenvalue weighted by Gasteiger charge is -2.20. The number of carbonyl (C=O) groups is 1. The first-order valence-corrected chi connectivity index (χ1v) is 4.58. The smallest absolute Gasteiger partial charge is 0.348 e. The van der Waals surface area contributed by atoms with Crippen LogP contribution in [0, 0.1) is 0 Å². The first-order chi connectivity index (χ1) is 7.43. The molecule has 1 atom stereocenters. The Labute approximate surface area is 92.6 Å². The van der Waals surface area contributed by atoms with Crippen LogP contribution in [0.4, 0.5) is 4.39 Å². The van der Waals surface area contributed by atoms with Crippen LogP contribution in [-0.2, 0) is 15.2 Å². The summed E-state index contributed by atoms with van der Waals surface area (Å²) < 4.78 is 23.4. The Morgan fingerprint density at radius 1 is 1.44 bits per heavy atom. The number of alkyl halides is 1. The Kier molecular flexibility index (Phi) is 3.37. The molecule has 0 aliphatic carbocycles. The van der Waals surface area contributed by atoms with Crippen molar-refractivity contribution in [3.8, 4) is 11.5 Å². The normalized spacial score (nSPS) is 14.0. The van der Waals surface area contributed by atoms with Gasteiger partial charge in [-0.2, -0.15) is 0 Å². The van der Waals surface area contributed by atoms with Gasteiger partial charge in [0.2, 0.25) is 5.67 Å². The van der Waals surface area contributed by atoms with Crippen molar-refractivity contribution in [2.24, 2.45) is 0 Å². The van der Waals surface area contributed by atoms with E-state index in [9.17, 15) is 14.3 Å². The molecular formula is C11H13FO4. The maximum Gasteiger partial charge on any atom is 0.348 e. The fourth-order valence-electron chi connectivity index (χ4n) is 1.37. The number of rotatable bonds is 3. The predicted octanol–water partition coefficient (Wildman–Crippen LogP) is 1.76. The van der Waals surface area contributed by atoms with Crippen LogP contribution in [0.5, 0.6) is 11.5 Å². The van der Waals surface area contributed by atoms with Gasteiger partial charge in [-0.1, -0.05) is 0 Å². The van der Waals surface area contributed by atoms with Gasteiger partial charge >= 0.3 is 5.97 Å². The van der Waals surface area contributed by atoms with E-state index in [4.69, 9.17) is 4.74 Å². The third-order valence-corrected chi connectivity index (χ3v) is 2.26. The molecule has 1 N–H and O–H groups in total. The molecule has 0 bridgehead atoms. The van der Waals surface area contributed by atoms with Gasteiger partial charge in [-0.25, -0.2) is 9.18 Å². The minimum atomic E-state index is -2.31. The van der Waals surface area contributed by atoms with Crippen molar-refractivity contribution < 1.29 is 23.8 Å². The largest absolute Gasteiger partial charge is 0.508 e. The minimum Gasteiger partial charge on any atom is -0.508 e. The molecule has 4 nitrogen and oxygen atoms in total. The molecule has 88 valence electrons. The topological polar surface area (TPSA) is 55.8 Å². The number of phenolic OH excluding ortho intramolecular Hbond substituents is 1. The highest BCUT2D eigenvalue weighted by Crippen LogP contribution is 2.36. The molecule has 0 heterocycles. The first-order valence-electron chi connectivity index (χ1n) is 4.58. The molecule has 0 aliphatic rings. The summed E-state index contributed by atoms with van der Waals surface area (Å²) in [4.78, 5) is 11.3. The maximum atomic E-state index is 14.2. The fraction of sp³-hybridized carbons (Fsp3) is 0.364. The number of carbonyl (C=O) groups excluding carboxylic acids is 1. The number of esters is 1. The van der Waals surface area contributed by atoms with Crippen molar-refractivity contribution in [3.05, 3.63) is 23.8 Å². The van der Waals surface area contributed by atoms with Crippen LogP contribution in [0.3, 0.4) is 0 Å². The summed E-state index contributed by atoms with van der Waals surface area (Å²) in [7, 11) is 2.43. The SMILES string of the molecule is COC(=O)C(C)(F)c1ccc(O)cc1OC. The van der Waals surface area contributed by atoms with Gasteiger partial charge in [0.1, 0.15) is 11.5 Å². The Morgan fingerprint density at radius 3 is 2.56 bits per heavy atom. The highest BCUT2D eigenvalue weighted by atomic mass is 19.1. The minimum absolute atomic E-state index is 0.0136. The van der Waals surface area contributed by atoms with Crippen LogP contribution in [0.2, 0.25) is 0 Å². The summed E-state index contributed by atoms with van der Waals surface area (Å²) in [6.07, 6.45) is 0. The second-order valence-electron chi connectivity index (χ2n) is 3.38. The molecule has 1 unspecified atom stereocenters. The first kappa shape index (κ1) is 12.3. The number of hydrogen-bond donors (Lipinski definition) is 1. The highest BCUT2D eigenvalue weighted by Gasteiger charge is 2.39. The molecule has 0 saturated heterocycles. The van der Waals surface area contributed by atoms with E-state index >= 15 is 0 Å². The zero-order valence-corrected chi connectivity index (χ0v) is 9.28.